The molecule has 0 fully saturated rings. The summed E-state index contributed by atoms with van der Waals surface area (Å²) in [6.45, 7) is 0.229. The summed E-state index contributed by atoms with van der Waals surface area (Å²) in [5.41, 5.74) is 1.57. The number of para-hydroxylation sites is 2. The van der Waals surface area contributed by atoms with Crippen LogP contribution in [0.3, 0.4) is 0 Å². The van der Waals surface area contributed by atoms with Gasteiger partial charge in [-0.1, -0.05) is 0 Å². The first-order valence-electron chi connectivity index (χ1n) is 17.9. The molecule has 0 aliphatic rings. The molecule has 2 unspecified atom stereocenters. The first-order chi connectivity index (χ1) is 28.7. The van der Waals surface area contributed by atoms with Gasteiger partial charge in [-0.2, -0.15) is 0 Å². The van der Waals surface area contributed by atoms with Crippen molar-refractivity contribution in [2.75, 3.05) is 60.8 Å². The molecule has 2 heterocycles. The molecule has 2 aromatic heterocycles. The third-order valence-corrected chi connectivity index (χ3v) is 14.6. The van der Waals surface area contributed by atoms with Crippen molar-refractivity contribution in [3.05, 3.63) is 108 Å². The molecule has 2 radical (unpaired) electrons. The zero-order chi connectivity index (χ0) is 42.9. The Morgan fingerprint density at radius 2 is 0.935 bits per heavy atom. The van der Waals surface area contributed by atoms with Gasteiger partial charge in [0.25, 0.3) is 0 Å². The number of likely N-dealkylation sites (N-methyl/N-ethyl adjacent to an activating group) is 2. The van der Waals surface area contributed by atoms with Crippen LogP contribution in [-0.4, -0.2) is 197 Å². The van der Waals surface area contributed by atoms with E-state index in [0.29, 0.717) is 29.8 Å². The number of hydrogen-bond donors (Lipinski definition) is 6. The van der Waals surface area contributed by atoms with E-state index in [1.807, 2.05) is 60.7 Å². The van der Waals surface area contributed by atoms with Crippen molar-refractivity contribution in [2.45, 2.75) is 9.79 Å². The zero-order valence-corrected chi connectivity index (χ0v) is 43.9. The second-order valence-electron chi connectivity index (χ2n) is 12.9. The second kappa shape index (κ2) is 23.6. The van der Waals surface area contributed by atoms with E-state index in [1.54, 1.807) is 36.0 Å². The average Bonchev–Trinajstić information content (AvgIpc) is 3.20. The Labute approximate surface area is 416 Å². The third-order valence-electron chi connectivity index (χ3n) is 8.40. The maximum atomic E-state index is 12.7. The van der Waals surface area contributed by atoms with Gasteiger partial charge in [0.2, 0.25) is 0 Å². The molecule has 0 saturated heterocycles. The van der Waals surface area contributed by atoms with E-state index in [2.05, 4.69) is 40.5 Å². The molecule has 0 saturated carbocycles. The molecular formula is C38H40As2N10Na2O8S2. The van der Waals surface area contributed by atoms with Gasteiger partial charge in [-0.15, -0.1) is 0 Å². The minimum absolute atomic E-state index is 0. The summed E-state index contributed by atoms with van der Waals surface area (Å²) in [5.74, 6) is 1.09. The van der Waals surface area contributed by atoms with E-state index in [1.165, 1.54) is 36.4 Å². The Kier molecular flexibility index (Phi) is 19.5. The largest absolute Gasteiger partial charge is 0 e. The summed E-state index contributed by atoms with van der Waals surface area (Å²) in [6, 6.07) is 27.4. The van der Waals surface area contributed by atoms with Crippen molar-refractivity contribution in [3.63, 3.8) is 0 Å². The Hall–Kier alpha value is -3.30. The molecule has 0 bridgehead atoms. The molecule has 6 rings (SSSR count). The van der Waals surface area contributed by atoms with Crippen LogP contribution >= 0.6 is 0 Å². The monoisotopic (exact) mass is 1020 g/mol. The van der Waals surface area contributed by atoms with Crippen LogP contribution in [0.4, 0.5) is 35.2 Å². The number of aliphatic hydroxyl groups is 2. The maximum absolute atomic E-state index is 12.7. The quantitative estimate of drug-likeness (QED) is 0.0346. The second-order valence-corrected chi connectivity index (χ2v) is 21.0. The molecule has 24 heteroatoms. The molecule has 0 amide bonds. The van der Waals surface area contributed by atoms with Crippen molar-refractivity contribution >= 4 is 176 Å². The number of hydrogen-bond acceptors (Lipinski definition) is 16. The molecule has 6 aromatic rings. The smallest absolute Gasteiger partial charge is 0 e. The van der Waals surface area contributed by atoms with E-state index in [-0.39, 0.29) is 108 Å². The molecule has 18 nitrogen and oxygen atoms in total. The molecule has 2 atom stereocenters. The third kappa shape index (κ3) is 14.6. The number of benzene rings is 4. The summed E-state index contributed by atoms with van der Waals surface area (Å²) in [5, 5.41) is 25.3. The predicted octanol–water partition coefficient (Wildman–Crippen LogP) is -0.922. The van der Waals surface area contributed by atoms with Crippen LogP contribution in [0, 0.1) is 0 Å². The normalized spacial score (nSPS) is 11.8. The van der Waals surface area contributed by atoms with Gasteiger partial charge < -0.3 is 0 Å². The van der Waals surface area contributed by atoms with E-state index >= 15 is 0 Å². The molecule has 0 spiro atoms. The fourth-order valence-corrected chi connectivity index (χ4v) is 11.4. The molecule has 0 aliphatic carbocycles. The number of aliphatic hydroxyl groups excluding tert-OH is 2. The van der Waals surface area contributed by atoms with Gasteiger partial charge >= 0.3 is 362 Å². The topological polar surface area (TPSA) is 257 Å². The first-order valence-corrected chi connectivity index (χ1v) is 25.0. The van der Waals surface area contributed by atoms with E-state index in [0.717, 1.165) is 11.4 Å². The molecule has 6 N–H and O–H groups in total. The molecule has 62 heavy (non-hydrogen) atoms. The van der Waals surface area contributed by atoms with Crippen LogP contribution in [0.25, 0.3) is 12.2 Å². The minimum atomic E-state index is -4.78. The van der Waals surface area contributed by atoms with Gasteiger partial charge in [-0.3, -0.25) is 0 Å². The Morgan fingerprint density at radius 1 is 0.565 bits per heavy atom. The average molecular weight is 1020 g/mol. The van der Waals surface area contributed by atoms with Gasteiger partial charge in [0.15, 0.2) is 0 Å². The van der Waals surface area contributed by atoms with Gasteiger partial charge in [-0.05, 0) is 0 Å². The van der Waals surface area contributed by atoms with Crippen molar-refractivity contribution in [1.29, 1.82) is 0 Å². The van der Waals surface area contributed by atoms with Gasteiger partial charge in [-0.25, -0.2) is 0 Å². The van der Waals surface area contributed by atoms with Crippen LogP contribution in [0.2, 0.25) is 0 Å². The Morgan fingerprint density at radius 3 is 1.27 bits per heavy atom. The standard InChI is InChI=1S/C38H40As2N10O8S2.2Na/c1-49(19-21-51)37-45-33(43-35(47-37)41-29-9-5-3-6-10-29)39-27-17-15-25(31(23-27)59(53,54)55)13-14-26-16-18-28(24-32(26)60(56,57)58)40-34-44-36(42-30-11-7-4-8-12-30)48-38(46-34)50(2)20-22-52;;/h3-18,23-24,39-40,51-52H,19-22H2,1-2H3,(H,53,54,55)(H,56,57,58)(H,41,43,45,47)(H,42,44,46,48);;. The van der Waals surface area contributed by atoms with Crippen LogP contribution < -0.4 is 38.4 Å². The maximum Gasteiger partial charge on any atom is 0 e. The minimum Gasteiger partial charge on any atom is 0 e. The Bertz CT molecular complexity index is 2530. The van der Waals surface area contributed by atoms with Gasteiger partial charge in [0.1, 0.15) is 0 Å². The van der Waals surface area contributed by atoms with Crippen molar-refractivity contribution in [1.82, 2.24) is 29.9 Å². The van der Waals surface area contributed by atoms with Crippen molar-refractivity contribution < 1.29 is 36.2 Å². The van der Waals surface area contributed by atoms with Crippen LogP contribution in [0.1, 0.15) is 11.1 Å². The van der Waals surface area contributed by atoms with Crippen LogP contribution in [0.15, 0.2) is 107 Å². The van der Waals surface area contributed by atoms with E-state index < -0.39 is 61.5 Å². The van der Waals surface area contributed by atoms with Crippen LogP contribution in [-0.2, 0) is 20.2 Å². The molecule has 4 aromatic carbocycles. The number of nitrogens with one attached hydrogen (secondary N) is 2. The molecular weight excluding hydrogens is 984 g/mol. The molecule has 314 valence electrons. The summed E-state index contributed by atoms with van der Waals surface area (Å²) >= 11 is -2.85. The zero-order valence-electron chi connectivity index (χ0n) is 34.0. The summed E-state index contributed by atoms with van der Waals surface area (Å²) in [6.07, 6.45) is 2.66. The van der Waals surface area contributed by atoms with Crippen molar-refractivity contribution in [3.8, 4) is 0 Å². The summed E-state index contributed by atoms with van der Waals surface area (Å²) in [7, 11) is -6.14. The van der Waals surface area contributed by atoms with E-state index in [4.69, 9.17) is 0 Å². The Balaban J connectivity index is 0.00000422. The van der Waals surface area contributed by atoms with Gasteiger partial charge in [0.05, 0.1) is 0 Å². The predicted molar refractivity (Wildman–Crippen MR) is 246 cm³/mol. The number of aromatic nitrogens is 6. The fraction of sp³-hybridized carbons (Fsp3) is 0.158. The molecule has 0 aliphatic heterocycles. The van der Waals surface area contributed by atoms with E-state index in [9.17, 15) is 36.2 Å². The SMILES string of the molecule is CN(CCO)c1nc(Nc2ccccc2)nc([AsH]c2ccc(C=Cc3ccc([AsH]c4nc(Nc5ccccc5)nc(N(C)CCO)n4)cc3S(=O)(=O)O)c(S(=O)(=O)O)c2)n1.[Na].[Na]. The van der Waals surface area contributed by atoms with Crippen LogP contribution in [0.5, 0.6) is 0 Å². The summed E-state index contributed by atoms with van der Waals surface area (Å²) in [4.78, 5) is 29.7. The summed E-state index contributed by atoms with van der Waals surface area (Å²) < 4.78 is 73.3. The number of anilines is 6. The van der Waals surface area contributed by atoms with Crippen molar-refractivity contribution in [2.24, 2.45) is 0 Å². The van der Waals surface area contributed by atoms with Gasteiger partial charge in [0, 0.05) is 59.1 Å². The number of rotatable bonds is 18. The number of nitrogens with zero attached hydrogens (tertiary/aromatic N) is 8. The first kappa shape index (κ1) is 51.3. The fourth-order valence-electron chi connectivity index (χ4n) is 5.48.